The highest BCUT2D eigenvalue weighted by atomic mass is 19.1. The van der Waals surface area contributed by atoms with Crippen LogP contribution >= 0.6 is 0 Å². The number of fused-ring (bicyclic) bond motifs is 1. The zero-order chi connectivity index (χ0) is 18.1. The van der Waals surface area contributed by atoms with E-state index in [4.69, 9.17) is 0 Å². The quantitative estimate of drug-likeness (QED) is 0.714. The van der Waals surface area contributed by atoms with Gasteiger partial charge in [0.2, 0.25) is 0 Å². The second-order valence-corrected chi connectivity index (χ2v) is 6.45. The lowest BCUT2D eigenvalue weighted by Crippen LogP contribution is -2.34. The number of benzene rings is 1. The molecule has 0 bridgehead atoms. The molecule has 3 aromatic rings. The van der Waals surface area contributed by atoms with Crippen molar-refractivity contribution in [3.8, 4) is 11.3 Å². The van der Waals surface area contributed by atoms with Gasteiger partial charge in [0.1, 0.15) is 17.8 Å². The summed E-state index contributed by atoms with van der Waals surface area (Å²) in [7, 11) is 1.87. The van der Waals surface area contributed by atoms with Crippen molar-refractivity contribution in [2.75, 3.05) is 13.1 Å². The summed E-state index contributed by atoms with van der Waals surface area (Å²) in [4.78, 5) is 23.5. The van der Waals surface area contributed by atoms with Crippen LogP contribution in [0.1, 0.15) is 21.7 Å². The monoisotopic (exact) mass is 350 g/mol. The minimum absolute atomic E-state index is 0.0293. The summed E-state index contributed by atoms with van der Waals surface area (Å²) in [6.07, 6.45) is 4.78. The van der Waals surface area contributed by atoms with Crippen LogP contribution in [0, 0.1) is 5.82 Å². The molecule has 2 aromatic heterocycles. The third-order valence-corrected chi connectivity index (χ3v) is 4.85. The van der Waals surface area contributed by atoms with Gasteiger partial charge in [-0.2, -0.15) is 0 Å². The van der Waals surface area contributed by atoms with E-state index in [1.165, 1.54) is 12.1 Å². The molecular formula is C20H19FN4O. The van der Waals surface area contributed by atoms with Crippen molar-refractivity contribution in [1.29, 1.82) is 0 Å². The zero-order valence-electron chi connectivity index (χ0n) is 14.5. The molecule has 132 valence electrons. The molecule has 1 amide bonds. The van der Waals surface area contributed by atoms with E-state index in [0.717, 1.165) is 22.5 Å². The maximum atomic E-state index is 13.2. The molecule has 4 rings (SSSR count). The van der Waals surface area contributed by atoms with Gasteiger partial charge in [-0.05, 0) is 42.8 Å². The van der Waals surface area contributed by atoms with E-state index in [-0.39, 0.29) is 11.7 Å². The number of hydrogen-bond donors (Lipinski definition) is 0. The van der Waals surface area contributed by atoms with E-state index >= 15 is 0 Å². The summed E-state index contributed by atoms with van der Waals surface area (Å²) in [6.45, 7) is 1.23. The fraction of sp³-hybridized carbons (Fsp3) is 0.250. The highest BCUT2D eigenvalue weighted by molar-refractivity contribution is 5.92. The molecule has 0 spiro atoms. The Hall–Kier alpha value is -3.02. The van der Waals surface area contributed by atoms with Crippen molar-refractivity contribution in [2.45, 2.75) is 12.8 Å². The minimum Gasteiger partial charge on any atom is -0.347 e. The molecule has 0 saturated carbocycles. The lowest BCUT2D eigenvalue weighted by atomic mass is 10.0. The van der Waals surface area contributed by atoms with E-state index in [1.807, 2.05) is 34.8 Å². The number of aromatic nitrogens is 3. The van der Waals surface area contributed by atoms with Crippen LogP contribution in [0.5, 0.6) is 0 Å². The number of rotatable bonds is 2. The molecule has 0 aliphatic carbocycles. The van der Waals surface area contributed by atoms with Crippen LogP contribution in [-0.2, 0) is 19.9 Å². The standard InChI is InChI=1S/C20H19FN4O/c1-24-10-2-3-18(24)20(26)25-11-8-16-17(9-12-25)22-13-23-19(16)14-4-6-15(21)7-5-14/h2-7,10,13H,8-9,11-12H2,1H3. The lowest BCUT2D eigenvalue weighted by Gasteiger charge is -2.20. The van der Waals surface area contributed by atoms with Gasteiger partial charge in [-0.3, -0.25) is 4.79 Å². The predicted octanol–water partition coefficient (Wildman–Crippen LogP) is 2.86. The minimum atomic E-state index is -0.270. The van der Waals surface area contributed by atoms with E-state index in [1.54, 1.807) is 18.5 Å². The van der Waals surface area contributed by atoms with E-state index in [0.29, 0.717) is 31.6 Å². The van der Waals surface area contributed by atoms with Crippen molar-refractivity contribution >= 4 is 5.91 Å². The molecule has 0 fully saturated rings. The van der Waals surface area contributed by atoms with Crippen LogP contribution in [0.25, 0.3) is 11.3 Å². The van der Waals surface area contributed by atoms with E-state index < -0.39 is 0 Å². The summed E-state index contributed by atoms with van der Waals surface area (Å²) >= 11 is 0. The van der Waals surface area contributed by atoms with Crippen LogP contribution in [0.4, 0.5) is 4.39 Å². The SMILES string of the molecule is Cn1cccc1C(=O)N1CCc2ncnc(-c3ccc(F)cc3)c2CC1. The maximum absolute atomic E-state index is 13.2. The molecule has 1 aliphatic rings. The van der Waals surface area contributed by atoms with Gasteiger partial charge < -0.3 is 9.47 Å². The molecule has 0 radical (unpaired) electrons. The molecular weight excluding hydrogens is 331 g/mol. The summed E-state index contributed by atoms with van der Waals surface area (Å²) in [6, 6.07) is 10.0. The van der Waals surface area contributed by atoms with Crippen molar-refractivity contribution in [3.05, 3.63) is 71.7 Å². The van der Waals surface area contributed by atoms with Crippen LogP contribution in [-0.4, -0.2) is 38.4 Å². The zero-order valence-corrected chi connectivity index (χ0v) is 14.5. The predicted molar refractivity (Wildman–Crippen MR) is 96.2 cm³/mol. The first-order valence-electron chi connectivity index (χ1n) is 8.63. The molecule has 3 heterocycles. The number of hydrogen-bond acceptors (Lipinski definition) is 3. The fourth-order valence-corrected chi connectivity index (χ4v) is 3.43. The fourth-order valence-electron chi connectivity index (χ4n) is 3.43. The third kappa shape index (κ3) is 2.98. The van der Waals surface area contributed by atoms with Gasteiger partial charge in [-0.1, -0.05) is 0 Å². The van der Waals surface area contributed by atoms with Gasteiger partial charge in [0.25, 0.3) is 5.91 Å². The van der Waals surface area contributed by atoms with Crippen LogP contribution < -0.4 is 0 Å². The van der Waals surface area contributed by atoms with Crippen LogP contribution in [0.2, 0.25) is 0 Å². The highest BCUT2D eigenvalue weighted by Crippen LogP contribution is 2.26. The van der Waals surface area contributed by atoms with E-state index in [9.17, 15) is 9.18 Å². The van der Waals surface area contributed by atoms with Gasteiger partial charge in [-0.15, -0.1) is 0 Å². The summed E-state index contributed by atoms with van der Waals surface area (Å²) in [5, 5.41) is 0. The molecule has 26 heavy (non-hydrogen) atoms. The summed E-state index contributed by atoms with van der Waals surface area (Å²) in [5.74, 6) is -0.241. The highest BCUT2D eigenvalue weighted by Gasteiger charge is 2.24. The molecule has 0 N–H and O–H groups in total. The maximum Gasteiger partial charge on any atom is 0.270 e. The number of carbonyl (C=O) groups excluding carboxylic acids is 1. The first-order chi connectivity index (χ1) is 12.6. The number of carbonyl (C=O) groups is 1. The smallest absolute Gasteiger partial charge is 0.270 e. The molecule has 6 heteroatoms. The van der Waals surface area contributed by atoms with E-state index in [2.05, 4.69) is 9.97 Å². The Morgan fingerprint density at radius 2 is 1.85 bits per heavy atom. The van der Waals surface area contributed by atoms with Crippen molar-refractivity contribution < 1.29 is 9.18 Å². The largest absolute Gasteiger partial charge is 0.347 e. The van der Waals surface area contributed by atoms with Crippen LogP contribution in [0.15, 0.2) is 48.9 Å². The Kier molecular flexibility index (Phi) is 4.24. The third-order valence-electron chi connectivity index (χ3n) is 4.85. The molecule has 0 atom stereocenters. The topological polar surface area (TPSA) is 51.0 Å². The Bertz CT molecular complexity index is 949. The summed E-state index contributed by atoms with van der Waals surface area (Å²) < 4.78 is 15.1. The molecule has 1 aromatic carbocycles. The Morgan fingerprint density at radius 3 is 2.58 bits per heavy atom. The Morgan fingerprint density at radius 1 is 1.08 bits per heavy atom. The van der Waals surface area contributed by atoms with Gasteiger partial charge in [0, 0.05) is 49.6 Å². The molecule has 0 saturated heterocycles. The second kappa shape index (κ2) is 6.71. The lowest BCUT2D eigenvalue weighted by molar-refractivity contribution is 0.0753. The number of aryl methyl sites for hydroxylation is 1. The van der Waals surface area contributed by atoms with Crippen molar-refractivity contribution in [1.82, 2.24) is 19.4 Å². The van der Waals surface area contributed by atoms with Crippen molar-refractivity contribution in [2.24, 2.45) is 7.05 Å². The Balaban J connectivity index is 1.62. The number of amides is 1. The van der Waals surface area contributed by atoms with Crippen molar-refractivity contribution in [3.63, 3.8) is 0 Å². The normalized spacial score (nSPS) is 14.0. The van der Waals surface area contributed by atoms with Crippen LogP contribution in [0.3, 0.4) is 0 Å². The Labute approximate surface area is 151 Å². The number of halogens is 1. The molecule has 1 aliphatic heterocycles. The molecule has 5 nitrogen and oxygen atoms in total. The first-order valence-corrected chi connectivity index (χ1v) is 8.63. The first kappa shape index (κ1) is 16.4. The molecule has 0 unspecified atom stereocenters. The second-order valence-electron chi connectivity index (χ2n) is 6.45. The summed E-state index contributed by atoms with van der Waals surface area (Å²) in [5.41, 5.74) is 4.37. The van der Waals surface area contributed by atoms with Gasteiger partial charge in [-0.25, -0.2) is 14.4 Å². The van der Waals surface area contributed by atoms with Gasteiger partial charge in [0.05, 0.1) is 5.69 Å². The van der Waals surface area contributed by atoms with Gasteiger partial charge >= 0.3 is 0 Å². The average Bonchev–Trinajstić information content (AvgIpc) is 2.96. The van der Waals surface area contributed by atoms with Gasteiger partial charge in [0.15, 0.2) is 0 Å². The number of nitrogens with zero attached hydrogens (tertiary/aromatic N) is 4. The average molecular weight is 350 g/mol.